The molecule has 0 aliphatic carbocycles. The highest BCUT2D eigenvalue weighted by Crippen LogP contribution is 2.17. The number of fused-ring (bicyclic) bond motifs is 1. The molecule has 0 radical (unpaired) electrons. The summed E-state index contributed by atoms with van der Waals surface area (Å²) < 4.78 is 2.12. The van der Waals surface area contributed by atoms with Gasteiger partial charge in [-0.15, -0.1) is 0 Å². The molecule has 0 aromatic carbocycles. The zero-order chi connectivity index (χ0) is 10.8. The standard InChI is InChI=1S/C12H20N4/c1-2-7-16-12(5-1)14-11(15-16)8-10-4-3-6-13-9-10/h10,13H,1-9H2. The minimum absolute atomic E-state index is 0.748. The summed E-state index contributed by atoms with van der Waals surface area (Å²) in [5.41, 5.74) is 0. The molecule has 0 bridgehead atoms. The zero-order valence-electron chi connectivity index (χ0n) is 9.78. The first kappa shape index (κ1) is 10.3. The molecule has 0 saturated carbocycles. The number of rotatable bonds is 2. The lowest BCUT2D eigenvalue weighted by atomic mass is 9.96. The number of aromatic nitrogens is 3. The van der Waals surface area contributed by atoms with Gasteiger partial charge in [-0.25, -0.2) is 9.67 Å². The second-order valence-electron chi connectivity index (χ2n) is 5.04. The Balaban J connectivity index is 1.67. The number of nitrogens with zero attached hydrogens (tertiary/aromatic N) is 3. The number of piperidine rings is 1. The van der Waals surface area contributed by atoms with Crippen LogP contribution in [-0.2, 0) is 19.4 Å². The van der Waals surface area contributed by atoms with Gasteiger partial charge in [0.1, 0.15) is 5.82 Å². The molecule has 1 atom stereocenters. The summed E-state index contributed by atoms with van der Waals surface area (Å²) in [6.45, 7) is 3.40. The van der Waals surface area contributed by atoms with Crippen LogP contribution >= 0.6 is 0 Å². The molecule has 2 aliphatic heterocycles. The van der Waals surface area contributed by atoms with Gasteiger partial charge in [-0.3, -0.25) is 0 Å². The molecule has 3 rings (SSSR count). The molecule has 16 heavy (non-hydrogen) atoms. The molecule has 1 saturated heterocycles. The highest BCUT2D eigenvalue weighted by atomic mass is 15.3. The van der Waals surface area contributed by atoms with Crippen molar-refractivity contribution in [2.45, 2.75) is 45.1 Å². The monoisotopic (exact) mass is 220 g/mol. The second kappa shape index (κ2) is 4.53. The lowest BCUT2D eigenvalue weighted by Gasteiger charge is -2.21. The highest BCUT2D eigenvalue weighted by molar-refractivity contribution is 4.97. The third kappa shape index (κ3) is 2.12. The molecular formula is C12H20N4. The van der Waals surface area contributed by atoms with E-state index in [-0.39, 0.29) is 0 Å². The van der Waals surface area contributed by atoms with Crippen LogP contribution in [0.25, 0.3) is 0 Å². The SMILES string of the molecule is C1CCn2nc(CC3CCCNC3)nc2C1. The predicted octanol–water partition coefficient (Wildman–Crippen LogP) is 1.16. The molecule has 1 unspecified atom stereocenters. The number of hydrogen-bond acceptors (Lipinski definition) is 3. The van der Waals surface area contributed by atoms with Crippen molar-refractivity contribution in [3.8, 4) is 0 Å². The van der Waals surface area contributed by atoms with Crippen LogP contribution in [-0.4, -0.2) is 27.9 Å². The van der Waals surface area contributed by atoms with E-state index in [1.807, 2.05) is 0 Å². The van der Waals surface area contributed by atoms with Gasteiger partial charge in [-0.05, 0) is 44.7 Å². The highest BCUT2D eigenvalue weighted by Gasteiger charge is 2.18. The smallest absolute Gasteiger partial charge is 0.151 e. The quantitative estimate of drug-likeness (QED) is 0.813. The Hall–Kier alpha value is -0.900. The lowest BCUT2D eigenvalue weighted by Crippen LogP contribution is -2.31. The molecule has 3 heterocycles. The van der Waals surface area contributed by atoms with E-state index in [4.69, 9.17) is 0 Å². The Kier molecular flexibility index (Phi) is 2.91. The largest absolute Gasteiger partial charge is 0.316 e. The van der Waals surface area contributed by atoms with Crippen molar-refractivity contribution in [1.29, 1.82) is 0 Å². The Bertz CT molecular complexity index is 328. The van der Waals surface area contributed by atoms with Crippen LogP contribution in [0, 0.1) is 5.92 Å². The Morgan fingerprint density at radius 3 is 3.12 bits per heavy atom. The predicted molar refractivity (Wildman–Crippen MR) is 62.3 cm³/mol. The maximum Gasteiger partial charge on any atom is 0.151 e. The molecule has 4 nitrogen and oxygen atoms in total. The molecule has 88 valence electrons. The second-order valence-corrected chi connectivity index (χ2v) is 5.04. The van der Waals surface area contributed by atoms with E-state index in [0.717, 1.165) is 37.7 Å². The molecule has 2 aliphatic rings. The maximum atomic E-state index is 4.67. The van der Waals surface area contributed by atoms with Gasteiger partial charge in [-0.1, -0.05) is 0 Å². The van der Waals surface area contributed by atoms with Gasteiger partial charge < -0.3 is 5.32 Å². The minimum Gasteiger partial charge on any atom is -0.316 e. The number of nitrogens with one attached hydrogen (secondary N) is 1. The van der Waals surface area contributed by atoms with Gasteiger partial charge >= 0.3 is 0 Å². The van der Waals surface area contributed by atoms with Crippen LogP contribution < -0.4 is 5.32 Å². The Morgan fingerprint density at radius 1 is 1.31 bits per heavy atom. The zero-order valence-corrected chi connectivity index (χ0v) is 9.78. The number of hydrogen-bond donors (Lipinski definition) is 1. The summed E-state index contributed by atoms with van der Waals surface area (Å²) in [7, 11) is 0. The summed E-state index contributed by atoms with van der Waals surface area (Å²) in [6, 6.07) is 0. The number of aryl methyl sites for hydroxylation is 2. The first-order chi connectivity index (χ1) is 7.92. The van der Waals surface area contributed by atoms with Gasteiger partial charge in [0, 0.05) is 19.4 Å². The summed E-state index contributed by atoms with van der Waals surface area (Å²) in [5, 5.41) is 8.08. The summed E-state index contributed by atoms with van der Waals surface area (Å²) in [5.74, 6) is 3.04. The van der Waals surface area contributed by atoms with Gasteiger partial charge in [0.2, 0.25) is 0 Å². The van der Waals surface area contributed by atoms with E-state index < -0.39 is 0 Å². The maximum absolute atomic E-state index is 4.67. The molecule has 4 heteroatoms. The van der Waals surface area contributed by atoms with Crippen LogP contribution in [0.2, 0.25) is 0 Å². The van der Waals surface area contributed by atoms with E-state index in [9.17, 15) is 0 Å². The van der Waals surface area contributed by atoms with Crippen LogP contribution in [0.3, 0.4) is 0 Å². The average molecular weight is 220 g/mol. The van der Waals surface area contributed by atoms with E-state index in [1.54, 1.807) is 0 Å². The van der Waals surface area contributed by atoms with Crippen LogP contribution in [0.15, 0.2) is 0 Å². The van der Waals surface area contributed by atoms with Crippen molar-refractivity contribution in [3.63, 3.8) is 0 Å². The first-order valence-corrected chi connectivity index (χ1v) is 6.55. The molecule has 1 aromatic heterocycles. The molecule has 1 fully saturated rings. The van der Waals surface area contributed by atoms with Crippen LogP contribution in [0.4, 0.5) is 0 Å². The molecule has 0 spiro atoms. The molecule has 1 aromatic rings. The molecular weight excluding hydrogens is 200 g/mol. The van der Waals surface area contributed by atoms with Crippen molar-refractivity contribution in [2.75, 3.05) is 13.1 Å². The Morgan fingerprint density at radius 2 is 2.31 bits per heavy atom. The normalized spacial score (nSPS) is 25.4. The van der Waals surface area contributed by atoms with Crippen molar-refractivity contribution >= 4 is 0 Å². The summed E-state index contributed by atoms with van der Waals surface area (Å²) >= 11 is 0. The van der Waals surface area contributed by atoms with E-state index in [0.29, 0.717) is 0 Å². The van der Waals surface area contributed by atoms with Crippen molar-refractivity contribution in [1.82, 2.24) is 20.1 Å². The van der Waals surface area contributed by atoms with E-state index in [2.05, 4.69) is 20.1 Å². The van der Waals surface area contributed by atoms with Crippen molar-refractivity contribution in [2.24, 2.45) is 5.92 Å². The molecule has 1 N–H and O–H groups in total. The van der Waals surface area contributed by atoms with Crippen LogP contribution in [0.5, 0.6) is 0 Å². The lowest BCUT2D eigenvalue weighted by molar-refractivity contribution is 0.369. The fourth-order valence-corrected chi connectivity index (χ4v) is 2.78. The average Bonchev–Trinajstić information content (AvgIpc) is 2.72. The minimum atomic E-state index is 0.748. The van der Waals surface area contributed by atoms with Crippen molar-refractivity contribution < 1.29 is 0 Å². The van der Waals surface area contributed by atoms with Gasteiger partial charge in [0.15, 0.2) is 5.82 Å². The van der Waals surface area contributed by atoms with Gasteiger partial charge in [0.05, 0.1) is 0 Å². The van der Waals surface area contributed by atoms with E-state index in [1.165, 1.54) is 38.1 Å². The Labute approximate surface area is 96.4 Å². The third-order valence-corrected chi connectivity index (χ3v) is 3.68. The fourth-order valence-electron chi connectivity index (χ4n) is 2.78. The third-order valence-electron chi connectivity index (χ3n) is 3.68. The van der Waals surface area contributed by atoms with Gasteiger partial charge in [0.25, 0.3) is 0 Å². The van der Waals surface area contributed by atoms with Crippen LogP contribution in [0.1, 0.15) is 37.3 Å². The first-order valence-electron chi connectivity index (χ1n) is 6.55. The van der Waals surface area contributed by atoms with Gasteiger partial charge in [-0.2, -0.15) is 5.10 Å². The van der Waals surface area contributed by atoms with Crippen molar-refractivity contribution in [3.05, 3.63) is 11.6 Å². The summed E-state index contributed by atoms with van der Waals surface area (Å²) in [6.07, 6.45) is 7.36. The summed E-state index contributed by atoms with van der Waals surface area (Å²) in [4.78, 5) is 4.67. The molecule has 0 amide bonds. The topological polar surface area (TPSA) is 42.7 Å². The fraction of sp³-hybridized carbons (Fsp3) is 0.833. The van der Waals surface area contributed by atoms with E-state index >= 15 is 0 Å².